The molecule has 3 rings (SSSR count). The monoisotopic (exact) mass is 345 g/mol. The number of rotatable bonds is 4. The summed E-state index contributed by atoms with van der Waals surface area (Å²) in [6, 6.07) is 12.5. The molecule has 0 aliphatic rings. The summed E-state index contributed by atoms with van der Waals surface area (Å²) in [7, 11) is -0.409. The Balaban J connectivity index is 1.98. The Labute approximate surface area is 140 Å². The summed E-state index contributed by atoms with van der Waals surface area (Å²) in [6.07, 6.45) is -0.656. The maximum atomic E-state index is 12.1. The summed E-state index contributed by atoms with van der Waals surface area (Å²) >= 11 is 0. The quantitative estimate of drug-likeness (QED) is 0.761. The predicted octanol–water partition coefficient (Wildman–Crippen LogP) is 2.53. The van der Waals surface area contributed by atoms with Gasteiger partial charge in [-0.1, -0.05) is 18.2 Å². The van der Waals surface area contributed by atoms with Gasteiger partial charge in [-0.05, 0) is 42.3 Å². The SMILES string of the molecule is C[C@H](O)c1nc2ccc(-c3ccc(S(=O)(=O)N(C)C)cc3)cc2[nH]1. The molecule has 0 aliphatic carbocycles. The van der Waals surface area contributed by atoms with Gasteiger partial charge in [0.05, 0.1) is 15.9 Å². The highest BCUT2D eigenvalue weighted by molar-refractivity contribution is 7.89. The average Bonchev–Trinajstić information content (AvgIpc) is 2.98. The molecule has 0 aliphatic heterocycles. The van der Waals surface area contributed by atoms with E-state index >= 15 is 0 Å². The van der Waals surface area contributed by atoms with E-state index in [9.17, 15) is 13.5 Å². The maximum absolute atomic E-state index is 12.1. The first-order valence-corrected chi connectivity index (χ1v) is 8.94. The lowest BCUT2D eigenvalue weighted by atomic mass is 10.1. The normalized spacial score (nSPS) is 13.5. The highest BCUT2D eigenvalue weighted by Gasteiger charge is 2.16. The molecule has 1 aromatic heterocycles. The number of H-pyrrole nitrogens is 1. The van der Waals surface area contributed by atoms with E-state index in [0.29, 0.717) is 5.82 Å². The van der Waals surface area contributed by atoms with Crippen molar-refractivity contribution in [2.75, 3.05) is 14.1 Å². The third-order valence-electron chi connectivity index (χ3n) is 3.86. The third-order valence-corrected chi connectivity index (χ3v) is 5.69. The molecule has 0 radical (unpaired) electrons. The number of hydrogen-bond donors (Lipinski definition) is 2. The molecular weight excluding hydrogens is 326 g/mol. The van der Waals surface area contributed by atoms with Crippen molar-refractivity contribution in [2.45, 2.75) is 17.9 Å². The van der Waals surface area contributed by atoms with E-state index in [0.717, 1.165) is 22.2 Å². The second-order valence-corrected chi connectivity index (χ2v) is 7.99. The molecule has 24 heavy (non-hydrogen) atoms. The Kier molecular flexibility index (Phi) is 4.16. The number of aromatic amines is 1. The number of sulfonamides is 1. The molecule has 0 saturated carbocycles. The fourth-order valence-electron chi connectivity index (χ4n) is 2.44. The van der Waals surface area contributed by atoms with Crippen LogP contribution in [-0.4, -0.2) is 41.9 Å². The zero-order valence-electron chi connectivity index (χ0n) is 13.7. The standard InChI is InChI=1S/C17H19N3O3S/c1-11(21)17-18-15-9-6-13(10-16(15)19-17)12-4-7-14(8-5-12)24(22,23)20(2)3/h4-11,21H,1-3H3,(H,18,19)/t11-/m0/s1. The summed E-state index contributed by atoms with van der Waals surface area (Å²) in [5, 5.41) is 9.61. The first-order chi connectivity index (χ1) is 11.3. The van der Waals surface area contributed by atoms with E-state index in [2.05, 4.69) is 9.97 Å². The molecule has 0 spiro atoms. The topological polar surface area (TPSA) is 86.3 Å². The second kappa shape index (κ2) is 6.01. The zero-order valence-corrected chi connectivity index (χ0v) is 14.5. The van der Waals surface area contributed by atoms with Crippen molar-refractivity contribution >= 4 is 21.1 Å². The lowest BCUT2D eigenvalue weighted by Crippen LogP contribution is -2.22. The minimum Gasteiger partial charge on any atom is -0.385 e. The summed E-state index contributed by atoms with van der Waals surface area (Å²) in [5.41, 5.74) is 3.45. The molecule has 0 saturated heterocycles. The van der Waals surface area contributed by atoms with Crippen LogP contribution in [0.1, 0.15) is 18.9 Å². The fourth-order valence-corrected chi connectivity index (χ4v) is 3.34. The highest BCUT2D eigenvalue weighted by atomic mass is 32.2. The van der Waals surface area contributed by atoms with Crippen molar-refractivity contribution in [3.05, 3.63) is 48.3 Å². The predicted molar refractivity (Wildman–Crippen MR) is 93.0 cm³/mol. The van der Waals surface area contributed by atoms with Crippen molar-refractivity contribution in [1.82, 2.24) is 14.3 Å². The van der Waals surface area contributed by atoms with Crippen LogP contribution >= 0.6 is 0 Å². The molecule has 3 aromatic rings. The molecule has 0 bridgehead atoms. The summed E-state index contributed by atoms with van der Waals surface area (Å²) in [6.45, 7) is 1.66. The van der Waals surface area contributed by atoms with Gasteiger partial charge in [0.25, 0.3) is 0 Å². The molecule has 7 heteroatoms. The van der Waals surface area contributed by atoms with E-state index in [1.165, 1.54) is 18.4 Å². The second-order valence-electron chi connectivity index (χ2n) is 5.84. The number of nitrogens with zero attached hydrogens (tertiary/aromatic N) is 2. The molecule has 0 unspecified atom stereocenters. The summed E-state index contributed by atoms with van der Waals surface area (Å²) in [5.74, 6) is 0.523. The van der Waals surface area contributed by atoms with Gasteiger partial charge in [0.2, 0.25) is 10.0 Å². The van der Waals surface area contributed by atoms with Crippen LogP contribution in [0.3, 0.4) is 0 Å². The minimum absolute atomic E-state index is 0.259. The molecule has 0 amide bonds. The molecule has 6 nitrogen and oxygen atoms in total. The number of aromatic nitrogens is 2. The van der Waals surface area contributed by atoms with Gasteiger partial charge in [0.15, 0.2) is 0 Å². The number of nitrogens with one attached hydrogen (secondary N) is 1. The molecule has 0 fully saturated rings. The Morgan fingerprint density at radius 1 is 1.08 bits per heavy atom. The molecule has 2 aromatic carbocycles. The zero-order chi connectivity index (χ0) is 17.5. The highest BCUT2D eigenvalue weighted by Crippen LogP contribution is 2.26. The van der Waals surface area contributed by atoms with Crippen molar-refractivity contribution in [3.8, 4) is 11.1 Å². The molecular formula is C17H19N3O3S. The van der Waals surface area contributed by atoms with Gasteiger partial charge in [-0.3, -0.25) is 0 Å². The number of aliphatic hydroxyl groups excluding tert-OH is 1. The number of imidazole rings is 1. The lowest BCUT2D eigenvalue weighted by Gasteiger charge is -2.11. The van der Waals surface area contributed by atoms with Crippen LogP contribution in [-0.2, 0) is 10.0 Å². The van der Waals surface area contributed by atoms with Crippen LogP contribution in [0.5, 0.6) is 0 Å². The smallest absolute Gasteiger partial charge is 0.242 e. The summed E-state index contributed by atoms with van der Waals surface area (Å²) in [4.78, 5) is 7.67. The van der Waals surface area contributed by atoms with Gasteiger partial charge in [0.1, 0.15) is 11.9 Å². The van der Waals surface area contributed by atoms with Crippen LogP contribution in [0, 0.1) is 0 Å². The number of hydrogen-bond acceptors (Lipinski definition) is 4. The number of aliphatic hydroxyl groups is 1. The van der Waals surface area contributed by atoms with E-state index in [-0.39, 0.29) is 4.90 Å². The van der Waals surface area contributed by atoms with Gasteiger partial charge in [-0.15, -0.1) is 0 Å². The average molecular weight is 345 g/mol. The van der Waals surface area contributed by atoms with Crippen LogP contribution in [0.2, 0.25) is 0 Å². The first kappa shape index (κ1) is 16.6. The van der Waals surface area contributed by atoms with Crippen LogP contribution in [0.4, 0.5) is 0 Å². The molecule has 1 heterocycles. The molecule has 2 N–H and O–H groups in total. The molecule has 1 atom stereocenters. The largest absolute Gasteiger partial charge is 0.385 e. The van der Waals surface area contributed by atoms with E-state index in [1.807, 2.05) is 18.2 Å². The summed E-state index contributed by atoms with van der Waals surface area (Å²) < 4.78 is 25.4. The number of fused-ring (bicyclic) bond motifs is 1. The van der Waals surface area contributed by atoms with Crippen molar-refractivity contribution in [1.29, 1.82) is 0 Å². The van der Waals surface area contributed by atoms with Crippen LogP contribution in [0.25, 0.3) is 22.2 Å². The fraction of sp³-hybridized carbons (Fsp3) is 0.235. The first-order valence-electron chi connectivity index (χ1n) is 7.50. The van der Waals surface area contributed by atoms with Crippen molar-refractivity contribution in [2.24, 2.45) is 0 Å². The van der Waals surface area contributed by atoms with Gasteiger partial charge in [0, 0.05) is 14.1 Å². The Hall–Kier alpha value is -2.22. The van der Waals surface area contributed by atoms with Crippen molar-refractivity contribution < 1.29 is 13.5 Å². The van der Waals surface area contributed by atoms with E-state index in [1.54, 1.807) is 31.2 Å². The van der Waals surface area contributed by atoms with Crippen molar-refractivity contribution in [3.63, 3.8) is 0 Å². The van der Waals surface area contributed by atoms with E-state index in [4.69, 9.17) is 0 Å². The lowest BCUT2D eigenvalue weighted by molar-refractivity contribution is 0.190. The third kappa shape index (κ3) is 2.93. The molecule has 126 valence electrons. The van der Waals surface area contributed by atoms with Gasteiger partial charge >= 0.3 is 0 Å². The van der Waals surface area contributed by atoms with Gasteiger partial charge in [-0.2, -0.15) is 0 Å². The van der Waals surface area contributed by atoms with E-state index < -0.39 is 16.1 Å². The van der Waals surface area contributed by atoms with Crippen LogP contribution < -0.4 is 0 Å². The van der Waals surface area contributed by atoms with Gasteiger partial charge < -0.3 is 10.1 Å². The minimum atomic E-state index is -3.43. The Morgan fingerprint density at radius 3 is 2.29 bits per heavy atom. The van der Waals surface area contributed by atoms with Gasteiger partial charge in [-0.25, -0.2) is 17.7 Å². The number of benzene rings is 2. The Morgan fingerprint density at radius 2 is 1.71 bits per heavy atom. The Bertz CT molecular complexity index is 974. The van der Waals surface area contributed by atoms with Crippen LogP contribution in [0.15, 0.2) is 47.4 Å². The maximum Gasteiger partial charge on any atom is 0.242 e.